The van der Waals surface area contributed by atoms with Crippen molar-refractivity contribution in [1.29, 1.82) is 0 Å². The van der Waals surface area contributed by atoms with Gasteiger partial charge in [-0.25, -0.2) is 4.39 Å². The molecule has 2 bridgehead atoms. The molecule has 0 unspecified atom stereocenters. The summed E-state index contributed by atoms with van der Waals surface area (Å²) in [7, 11) is 0. The Kier molecular flexibility index (Phi) is 4.84. The fourth-order valence-electron chi connectivity index (χ4n) is 6.26. The lowest BCUT2D eigenvalue weighted by atomic mass is 9.57. The lowest BCUT2D eigenvalue weighted by Crippen LogP contribution is -2.53. The number of benzene rings is 1. The van der Waals surface area contributed by atoms with Gasteiger partial charge in [-0.1, -0.05) is 0 Å². The van der Waals surface area contributed by atoms with Crippen molar-refractivity contribution in [3.63, 3.8) is 0 Å². The van der Waals surface area contributed by atoms with E-state index in [9.17, 15) is 4.39 Å². The second-order valence-corrected chi connectivity index (χ2v) is 10.6. The molecule has 0 spiro atoms. The third kappa shape index (κ3) is 3.74. The van der Waals surface area contributed by atoms with Crippen molar-refractivity contribution in [2.45, 2.75) is 70.5 Å². The number of rotatable bonds is 4. The van der Waals surface area contributed by atoms with Gasteiger partial charge in [0.15, 0.2) is 0 Å². The Morgan fingerprint density at radius 3 is 2.48 bits per heavy atom. The van der Waals surface area contributed by atoms with Gasteiger partial charge in [-0.05, 0) is 87.3 Å². The highest BCUT2D eigenvalue weighted by Gasteiger charge is 2.47. The van der Waals surface area contributed by atoms with E-state index in [1.54, 1.807) is 12.1 Å². The standard InChI is InChI=1S/C27H32FN5/c1-19-23-17-32(22-6-14-30-24(16-22)20-2-4-21(28)5-3-20)15-7-25(23)33(31-19)18-26-8-11-27(29,12-9-26)13-10-26/h2-6,14,16H,7-13,15,17-18,29H2,1H3. The summed E-state index contributed by atoms with van der Waals surface area (Å²) < 4.78 is 15.7. The summed E-state index contributed by atoms with van der Waals surface area (Å²) in [6.07, 6.45) is 10.1. The highest BCUT2D eigenvalue weighted by atomic mass is 19.1. The van der Waals surface area contributed by atoms with Crippen molar-refractivity contribution < 1.29 is 4.39 Å². The van der Waals surface area contributed by atoms with E-state index in [1.807, 2.05) is 6.20 Å². The van der Waals surface area contributed by atoms with Gasteiger partial charge < -0.3 is 10.6 Å². The average Bonchev–Trinajstić information content (AvgIpc) is 3.15. The fraction of sp³-hybridized carbons (Fsp3) is 0.481. The van der Waals surface area contributed by atoms with Gasteiger partial charge in [0.1, 0.15) is 5.82 Å². The van der Waals surface area contributed by atoms with Crippen molar-refractivity contribution in [2.24, 2.45) is 11.1 Å². The monoisotopic (exact) mass is 445 g/mol. The molecule has 3 heterocycles. The Hall–Kier alpha value is -2.73. The maximum absolute atomic E-state index is 13.3. The molecule has 172 valence electrons. The molecule has 33 heavy (non-hydrogen) atoms. The van der Waals surface area contributed by atoms with Crippen LogP contribution in [0.4, 0.5) is 10.1 Å². The van der Waals surface area contributed by atoms with E-state index in [4.69, 9.17) is 10.8 Å². The van der Waals surface area contributed by atoms with Crippen LogP contribution in [-0.2, 0) is 19.5 Å². The van der Waals surface area contributed by atoms with Crippen LogP contribution < -0.4 is 10.6 Å². The second kappa shape index (κ2) is 7.66. The van der Waals surface area contributed by atoms with E-state index in [0.717, 1.165) is 48.7 Å². The number of aryl methyl sites for hydroxylation is 1. The number of halogens is 1. The van der Waals surface area contributed by atoms with Crippen molar-refractivity contribution in [1.82, 2.24) is 14.8 Å². The molecule has 6 heteroatoms. The van der Waals surface area contributed by atoms with E-state index in [0.29, 0.717) is 5.41 Å². The Labute approximate surface area is 194 Å². The van der Waals surface area contributed by atoms with Gasteiger partial charge in [-0.2, -0.15) is 5.10 Å². The number of nitrogens with two attached hydrogens (primary N) is 1. The summed E-state index contributed by atoms with van der Waals surface area (Å²) >= 11 is 0. The summed E-state index contributed by atoms with van der Waals surface area (Å²) in [5.74, 6) is -0.228. The zero-order valence-electron chi connectivity index (χ0n) is 19.4. The van der Waals surface area contributed by atoms with E-state index in [-0.39, 0.29) is 11.4 Å². The fourth-order valence-corrected chi connectivity index (χ4v) is 6.26. The van der Waals surface area contributed by atoms with Gasteiger partial charge in [-0.3, -0.25) is 9.67 Å². The first-order valence-electron chi connectivity index (χ1n) is 12.2. The minimum Gasteiger partial charge on any atom is -0.367 e. The number of anilines is 1. The Bertz CT molecular complexity index is 1160. The number of aromatic nitrogens is 3. The molecular weight excluding hydrogens is 413 g/mol. The van der Waals surface area contributed by atoms with Crippen LogP contribution in [0.3, 0.4) is 0 Å². The summed E-state index contributed by atoms with van der Waals surface area (Å²) in [6, 6.07) is 10.7. The molecule has 1 aromatic carbocycles. The van der Waals surface area contributed by atoms with Crippen LogP contribution in [0.15, 0.2) is 42.6 Å². The highest BCUT2D eigenvalue weighted by Crippen LogP contribution is 2.52. The molecule has 0 radical (unpaired) electrons. The van der Waals surface area contributed by atoms with E-state index >= 15 is 0 Å². The molecule has 0 atom stereocenters. The number of pyridine rings is 1. The Morgan fingerprint density at radius 2 is 1.76 bits per heavy atom. The van der Waals surface area contributed by atoms with Crippen LogP contribution in [0.25, 0.3) is 11.3 Å². The molecule has 0 amide bonds. The molecule has 7 rings (SSSR count). The van der Waals surface area contributed by atoms with Gasteiger partial charge in [0.05, 0.1) is 11.4 Å². The SMILES string of the molecule is Cc1nn(CC23CCC(N)(CC2)CC3)c2c1CN(c1ccnc(-c3ccc(F)cc3)c1)CC2. The van der Waals surface area contributed by atoms with Crippen molar-refractivity contribution in [3.8, 4) is 11.3 Å². The summed E-state index contributed by atoms with van der Waals surface area (Å²) in [6.45, 7) is 5.03. The van der Waals surface area contributed by atoms with Gasteiger partial charge in [-0.15, -0.1) is 0 Å². The topological polar surface area (TPSA) is 60.0 Å². The summed E-state index contributed by atoms with van der Waals surface area (Å²) in [4.78, 5) is 6.93. The normalized spacial score (nSPS) is 26.5. The van der Waals surface area contributed by atoms with E-state index < -0.39 is 0 Å². The number of hydrogen-bond donors (Lipinski definition) is 1. The van der Waals surface area contributed by atoms with Crippen LogP contribution in [0.5, 0.6) is 0 Å². The third-order valence-electron chi connectivity index (χ3n) is 8.53. The van der Waals surface area contributed by atoms with Gasteiger partial charge in [0, 0.05) is 60.3 Å². The molecule has 1 aliphatic heterocycles. The molecule has 2 N–H and O–H groups in total. The van der Waals surface area contributed by atoms with Crippen LogP contribution in [0.2, 0.25) is 0 Å². The van der Waals surface area contributed by atoms with Gasteiger partial charge in [0.2, 0.25) is 0 Å². The molecule has 3 aromatic rings. The van der Waals surface area contributed by atoms with Crippen LogP contribution in [-0.4, -0.2) is 26.8 Å². The molecule has 4 aliphatic rings. The first-order valence-corrected chi connectivity index (χ1v) is 12.2. The van der Waals surface area contributed by atoms with Gasteiger partial charge >= 0.3 is 0 Å². The smallest absolute Gasteiger partial charge is 0.123 e. The zero-order chi connectivity index (χ0) is 22.6. The van der Waals surface area contributed by atoms with Crippen molar-refractivity contribution in [2.75, 3.05) is 11.4 Å². The lowest BCUT2D eigenvalue weighted by Gasteiger charge is -2.52. The molecule has 3 aliphatic carbocycles. The molecule has 2 aromatic heterocycles. The number of nitrogens with zero attached hydrogens (tertiary/aromatic N) is 4. The number of hydrogen-bond acceptors (Lipinski definition) is 4. The zero-order valence-corrected chi connectivity index (χ0v) is 19.4. The van der Waals surface area contributed by atoms with Crippen LogP contribution >= 0.6 is 0 Å². The van der Waals surface area contributed by atoms with E-state index in [1.165, 1.54) is 61.9 Å². The molecular formula is C27H32FN5. The first kappa shape index (κ1) is 20.8. The first-order chi connectivity index (χ1) is 15.9. The minimum atomic E-state index is -0.228. The van der Waals surface area contributed by atoms with Crippen molar-refractivity contribution in [3.05, 3.63) is 65.4 Å². The molecule has 3 fully saturated rings. The summed E-state index contributed by atoms with van der Waals surface area (Å²) in [5, 5.41) is 5.03. The second-order valence-electron chi connectivity index (χ2n) is 10.6. The summed E-state index contributed by atoms with van der Waals surface area (Å²) in [5.41, 5.74) is 13.9. The Morgan fingerprint density at radius 1 is 1.03 bits per heavy atom. The largest absolute Gasteiger partial charge is 0.367 e. The molecule has 0 saturated heterocycles. The molecule has 3 saturated carbocycles. The van der Waals surface area contributed by atoms with Gasteiger partial charge in [0.25, 0.3) is 0 Å². The predicted octanol–water partition coefficient (Wildman–Crippen LogP) is 5.01. The predicted molar refractivity (Wildman–Crippen MR) is 128 cm³/mol. The molecule has 5 nitrogen and oxygen atoms in total. The maximum atomic E-state index is 13.3. The minimum absolute atomic E-state index is 0.110. The van der Waals surface area contributed by atoms with Crippen LogP contribution in [0, 0.1) is 18.2 Å². The maximum Gasteiger partial charge on any atom is 0.123 e. The van der Waals surface area contributed by atoms with E-state index in [2.05, 4.69) is 33.6 Å². The average molecular weight is 446 g/mol. The highest BCUT2D eigenvalue weighted by molar-refractivity contribution is 5.65. The number of fused-ring (bicyclic) bond motifs is 4. The Balaban J connectivity index is 1.23. The lowest BCUT2D eigenvalue weighted by molar-refractivity contribution is 0.0263. The van der Waals surface area contributed by atoms with Crippen LogP contribution in [0.1, 0.15) is 55.5 Å². The quantitative estimate of drug-likeness (QED) is 0.613. The van der Waals surface area contributed by atoms with Crippen molar-refractivity contribution >= 4 is 5.69 Å². The third-order valence-corrected chi connectivity index (χ3v) is 8.53.